The summed E-state index contributed by atoms with van der Waals surface area (Å²) in [4.78, 5) is 16.1. The fourth-order valence-corrected chi connectivity index (χ4v) is 7.79. The summed E-state index contributed by atoms with van der Waals surface area (Å²) in [7, 11) is -3.86. The summed E-state index contributed by atoms with van der Waals surface area (Å²) in [5, 5.41) is 5.59. The summed E-state index contributed by atoms with van der Waals surface area (Å²) < 4.78 is 15.2. The van der Waals surface area contributed by atoms with Gasteiger partial charge in [-0.15, -0.1) is 0 Å². The fourth-order valence-electron chi connectivity index (χ4n) is 5.51. The molecule has 2 heterocycles. The fraction of sp³-hybridized carbons (Fsp3) is 0.556. The second kappa shape index (κ2) is 13.5. The van der Waals surface area contributed by atoms with Crippen molar-refractivity contribution < 1.29 is 13.6 Å². The van der Waals surface area contributed by atoms with Gasteiger partial charge in [-0.25, -0.2) is 0 Å². The predicted octanol–water partition coefficient (Wildman–Crippen LogP) is 9.30. The molecule has 9 heteroatoms. The summed E-state index contributed by atoms with van der Waals surface area (Å²) in [6, 6.07) is 13.9. The Bertz CT molecular complexity index is 1490. The SMILES string of the molecule is C[C@H]1c2cccc(-c3cnn(CCO[Si](C)(C)C(C)(C)C)c3)c2C[C@H](CO[Si](C)(C)C(C)(C)C)N1C(=O)Cc1ccccc1Cl. The van der Waals surface area contributed by atoms with E-state index in [1.807, 2.05) is 35.1 Å². The van der Waals surface area contributed by atoms with Gasteiger partial charge in [-0.2, -0.15) is 5.10 Å². The van der Waals surface area contributed by atoms with Crippen molar-refractivity contribution in [3.63, 3.8) is 0 Å². The van der Waals surface area contributed by atoms with Crippen molar-refractivity contribution in [2.75, 3.05) is 13.2 Å². The molecule has 2 atom stereocenters. The van der Waals surface area contributed by atoms with Gasteiger partial charge in [0.1, 0.15) is 0 Å². The zero-order chi connectivity index (χ0) is 33.4. The highest BCUT2D eigenvalue weighted by atomic mass is 35.5. The minimum Gasteiger partial charge on any atom is -0.415 e. The van der Waals surface area contributed by atoms with E-state index < -0.39 is 16.6 Å². The highest BCUT2D eigenvalue weighted by Gasteiger charge is 2.41. The van der Waals surface area contributed by atoms with E-state index in [-0.39, 0.29) is 34.5 Å². The number of fused-ring (bicyclic) bond motifs is 1. The summed E-state index contributed by atoms with van der Waals surface area (Å²) in [6.45, 7) is 26.7. The summed E-state index contributed by atoms with van der Waals surface area (Å²) >= 11 is 6.49. The van der Waals surface area contributed by atoms with Crippen LogP contribution in [0.4, 0.5) is 0 Å². The molecule has 0 N–H and O–H groups in total. The average molecular weight is 668 g/mol. The zero-order valence-corrected chi connectivity index (χ0v) is 32.1. The molecule has 2 aromatic carbocycles. The number of aromatic nitrogens is 2. The maximum atomic E-state index is 14.1. The van der Waals surface area contributed by atoms with Gasteiger partial charge >= 0.3 is 0 Å². The number of hydrogen-bond acceptors (Lipinski definition) is 4. The molecule has 1 aliphatic heterocycles. The standard InChI is InChI=1S/C36H54ClN3O3Si2/c1-26-30-16-14-17-31(28-23-38-39(24-28)19-20-42-44(8,9)35(2,3)4)32(30)22-29(25-43-45(10,11)36(5,6)7)40(26)34(41)21-27-15-12-13-18-33(27)37/h12-18,23-24,26,29H,19-22,25H2,1-11H3/t26-,29+/m0/s1. The number of carbonyl (C=O) groups excluding carboxylic acids is 1. The predicted molar refractivity (Wildman–Crippen MR) is 192 cm³/mol. The van der Waals surface area contributed by atoms with Crippen LogP contribution in [0, 0.1) is 0 Å². The van der Waals surface area contributed by atoms with E-state index in [1.54, 1.807) is 0 Å². The van der Waals surface area contributed by atoms with Crippen molar-refractivity contribution >= 4 is 34.1 Å². The number of hydrogen-bond donors (Lipinski definition) is 0. The van der Waals surface area contributed by atoms with Crippen LogP contribution in [0.5, 0.6) is 0 Å². The molecule has 6 nitrogen and oxygen atoms in total. The maximum absolute atomic E-state index is 14.1. The van der Waals surface area contributed by atoms with E-state index in [0.717, 1.165) is 17.5 Å². The lowest BCUT2D eigenvalue weighted by molar-refractivity contribution is -0.137. The Morgan fingerprint density at radius 1 is 0.956 bits per heavy atom. The lowest BCUT2D eigenvalue weighted by Crippen LogP contribution is -2.52. The molecule has 0 fully saturated rings. The van der Waals surface area contributed by atoms with E-state index in [0.29, 0.717) is 24.8 Å². The van der Waals surface area contributed by atoms with E-state index in [9.17, 15) is 4.79 Å². The number of carbonyl (C=O) groups is 1. The van der Waals surface area contributed by atoms with Gasteiger partial charge in [0.25, 0.3) is 0 Å². The Kier molecular flexibility index (Phi) is 10.7. The Hall–Kier alpha value is -2.24. The van der Waals surface area contributed by atoms with Crippen molar-refractivity contribution in [3.8, 4) is 11.1 Å². The van der Waals surface area contributed by atoms with E-state index in [4.69, 9.17) is 25.6 Å². The van der Waals surface area contributed by atoms with Crippen molar-refractivity contribution in [2.24, 2.45) is 0 Å². The lowest BCUT2D eigenvalue weighted by atomic mass is 9.84. The van der Waals surface area contributed by atoms with Crippen LogP contribution in [-0.4, -0.2) is 56.5 Å². The molecule has 4 rings (SSSR count). The van der Waals surface area contributed by atoms with Crippen LogP contribution in [0.2, 0.25) is 41.3 Å². The molecule has 0 radical (unpaired) electrons. The zero-order valence-electron chi connectivity index (χ0n) is 29.3. The van der Waals surface area contributed by atoms with Crippen LogP contribution in [-0.2, 0) is 33.0 Å². The molecule has 0 saturated carbocycles. The first-order chi connectivity index (χ1) is 20.8. The van der Waals surface area contributed by atoms with Gasteiger partial charge in [0.2, 0.25) is 5.91 Å². The van der Waals surface area contributed by atoms with E-state index in [2.05, 4.69) is 104 Å². The van der Waals surface area contributed by atoms with Crippen LogP contribution in [0.1, 0.15) is 71.2 Å². The number of amides is 1. The molecule has 246 valence electrons. The quantitative estimate of drug-likeness (QED) is 0.202. The minimum absolute atomic E-state index is 0.0741. The molecule has 0 unspecified atom stereocenters. The van der Waals surface area contributed by atoms with Gasteiger partial charge < -0.3 is 13.8 Å². The molecule has 0 saturated heterocycles. The monoisotopic (exact) mass is 667 g/mol. The first kappa shape index (κ1) is 35.6. The molecule has 45 heavy (non-hydrogen) atoms. The third-order valence-electron chi connectivity index (χ3n) is 10.5. The van der Waals surface area contributed by atoms with Crippen LogP contribution < -0.4 is 0 Å². The van der Waals surface area contributed by atoms with Gasteiger partial charge in [0.05, 0.1) is 44.5 Å². The number of rotatable bonds is 10. The lowest BCUT2D eigenvalue weighted by Gasteiger charge is -2.45. The second-order valence-corrected chi connectivity index (χ2v) is 25.7. The van der Waals surface area contributed by atoms with E-state index >= 15 is 0 Å². The molecule has 1 amide bonds. The Labute approximate surface area is 278 Å². The van der Waals surface area contributed by atoms with Crippen molar-refractivity contribution in [3.05, 3.63) is 76.6 Å². The van der Waals surface area contributed by atoms with Crippen molar-refractivity contribution in [2.45, 2.75) is 116 Å². The molecular weight excluding hydrogens is 614 g/mol. The largest absolute Gasteiger partial charge is 0.415 e. The molecule has 0 aliphatic carbocycles. The third-order valence-corrected chi connectivity index (χ3v) is 19.9. The topological polar surface area (TPSA) is 56.6 Å². The van der Waals surface area contributed by atoms with Crippen molar-refractivity contribution in [1.29, 1.82) is 0 Å². The van der Waals surface area contributed by atoms with Gasteiger partial charge in [-0.3, -0.25) is 9.48 Å². The smallest absolute Gasteiger partial charge is 0.227 e. The van der Waals surface area contributed by atoms with Crippen LogP contribution in [0.25, 0.3) is 11.1 Å². The minimum atomic E-state index is -2.04. The summed E-state index contributed by atoms with van der Waals surface area (Å²) in [6.07, 6.45) is 5.08. The van der Waals surface area contributed by atoms with Crippen molar-refractivity contribution in [1.82, 2.24) is 14.7 Å². The Morgan fingerprint density at radius 3 is 2.24 bits per heavy atom. The molecule has 1 aromatic heterocycles. The van der Waals surface area contributed by atoms with E-state index in [1.165, 1.54) is 16.7 Å². The first-order valence-electron chi connectivity index (χ1n) is 16.3. The Balaban J connectivity index is 1.63. The molecular formula is C36H54ClN3O3Si2. The first-order valence-corrected chi connectivity index (χ1v) is 22.5. The number of benzene rings is 2. The molecule has 3 aromatic rings. The third kappa shape index (κ3) is 8.02. The van der Waals surface area contributed by atoms with Gasteiger partial charge in [-0.05, 0) is 77.9 Å². The maximum Gasteiger partial charge on any atom is 0.227 e. The summed E-state index contributed by atoms with van der Waals surface area (Å²) in [5.41, 5.74) is 5.56. The van der Waals surface area contributed by atoms with Crippen LogP contribution in [0.3, 0.4) is 0 Å². The molecule has 0 bridgehead atoms. The average Bonchev–Trinajstić information content (AvgIpc) is 3.40. The van der Waals surface area contributed by atoms with Crippen LogP contribution >= 0.6 is 11.6 Å². The highest BCUT2D eigenvalue weighted by molar-refractivity contribution is 6.74. The number of nitrogens with zero attached hydrogens (tertiary/aromatic N) is 3. The molecule has 0 spiro atoms. The molecule has 1 aliphatic rings. The van der Waals surface area contributed by atoms with Gasteiger partial charge in [0, 0.05) is 16.8 Å². The summed E-state index contributed by atoms with van der Waals surface area (Å²) in [5.74, 6) is 0.0741. The van der Waals surface area contributed by atoms with Gasteiger partial charge in [-0.1, -0.05) is 89.5 Å². The highest BCUT2D eigenvalue weighted by Crippen LogP contribution is 2.41. The normalized spacial score (nSPS) is 17.8. The van der Waals surface area contributed by atoms with Gasteiger partial charge in [0.15, 0.2) is 16.6 Å². The van der Waals surface area contributed by atoms with Crippen LogP contribution in [0.15, 0.2) is 54.9 Å². The second-order valence-electron chi connectivity index (χ2n) is 15.6. The Morgan fingerprint density at radius 2 is 1.60 bits per heavy atom. The number of halogens is 1.